The van der Waals surface area contributed by atoms with E-state index >= 15 is 0 Å². The van der Waals surface area contributed by atoms with E-state index < -0.39 is 0 Å². The maximum absolute atomic E-state index is 11.4. The van der Waals surface area contributed by atoms with Crippen molar-refractivity contribution in [3.05, 3.63) is 0 Å². The summed E-state index contributed by atoms with van der Waals surface area (Å²) in [6.45, 7) is 5.83. The molecule has 4 heteroatoms. The van der Waals surface area contributed by atoms with Crippen LogP contribution in [0.3, 0.4) is 0 Å². The zero-order valence-corrected chi connectivity index (χ0v) is 9.01. The van der Waals surface area contributed by atoms with Gasteiger partial charge in [0.2, 0.25) is 5.91 Å². The summed E-state index contributed by atoms with van der Waals surface area (Å²) >= 11 is 0. The van der Waals surface area contributed by atoms with Gasteiger partial charge in [-0.05, 0) is 26.2 Å². The van der Waals surface area contributed by atoms with E-state index in [9.17, 15) is 4.79 Å². The zero-order valence-electron chi connectivity index (χ0n) is 9.01. The Labute approximate surface area is 85.2 Å². The Morgan fingerprint density at radius 3 is 2.86 bits per heavy atom. The number of nitrogens with two attached hydrogens (primary N) is 1. The largest absolute Gasteiger partial charge is 0.381 e. The van der Waals surface area contributed by atoms with E-state index in [0.717, 1.165) is 19.6 Å². The first kappa shape index (κ1) is 11.5. The van der Waals surface area contributed by atoms with Crippen LogP contribution in [-0.2, 0) is 9.53 Å². The SMILES string of the molecule is CC(C)(N)CNC(=O)CC1CCOC1. The number of ether oxygens (including phenoxy) is 1. The molecule has 0 saturated carbocycles. The van der Waals surface area contributed by atoms with E-state index in [-0.39, 0.29) is 11.4 Å². The lowest BCUT2D eigenvalue weighted by Crippen LogP contribution is -2.45. The molecule has 0 spiro atoms. The molecule has 1 saturated heterocycles. The minimum absolute atomic E-state index is 0.0824. The molecular weight excluding hydrogens is 180 g/mol. The van der Waals surface area contributed by atoms with Crippen LogP contribution in [0.2, 0.25) is 0 Å². The average Bonchev–Trinajstić information content (AvgIpc) is 2.52. The Morgan fingerprint density at radius 2 is 2.36 bits per heavy atom. The molecule has 0 aromatic heterocycles. The molecule has 1 fully saturated rings. The molecule has 1 rings (SSSR count). The Morgan fingerprint density at radius 1 is 1.64 bits per heavy atom. The zero-order chi connectivity index (χ0) is 10.6. The van der Waals surface area contributed by atoms with Gasteiger partial charge in [-0.3, -0.25) is 4.79 Å². The second kappa shape index (κ2) is 4.75. The maximum Gasteiger partial charge on any atom is 0.220 e. The van der Waals surface area contributed by atoms with Crippen molar-refractivity contribution in [3.63, 3.8) is 0 Å². The first-order valence-electron chi connectivity index (χ1n) is 5.11. The van der Waals surface area contributed by atoms with Crippen LogP contribution in [0.1, 0.15) is 26.7 Å². The summed E-state index contributed by atoms with van der Waals surface area (Å²) in [5, 5.41) is 2.83. The topological polar surface area (TPSA) is 64.3 Å². The molecule has 1 aliphatic rings. The van der Waals surface area contributed by atoms with Crippen molar-refractivity contribution in [3.8, 4) is 0 Å². The molecule has 1 unspecified atom stereocenters. The van der Waals surface area contributed by atoms with Gasteiger partial charge < -0.3 is 15.8 Å². The second-order valence-electron chi connectivity index (χ2n) is 4.70. The highest BCUT2D eigenvalue weighted by Gasteiger charge is 2.20. The summed E-state index contributed by atoms with van der Waals surface area (Å²) in [5.41, 5.74) is 5.42. The van der Waals surface area contributed by atoms with Gasteiger partial charge in [0.25, 0.3) is 0 Å². The van der Waals surface area contributed by atoms with Gasteiger partial charge in [0.1, 0.15) is 0 Å². The van der Waals surface area contributed by atoms with Crippen LogP contribution in [0.5, 0.6) is 0 Å². The van der Waals surface area contributed by atoms with Crippen molar-refractivity contribution >= 4 is 5.91 Å². The van der Waals surface area contributed by atoms with Gasteiger partial charge >= 0.3 is 0 Å². The fourth-order valence-electron chi connectivity index (χ4n) is 1.41. The van der Waals surface area contributed by atoms with Crippen LogP contribution in [0.15, 0.2) is 0 Å². The molecule has 1 heterocycles. The van der Waals surface area contributed by atoms with Gasteiger partial charge in [0.05, 0.1) is 0 Å². The van der Waals surface area contributed by atoms with Gasteiger partial charge in [0.15, 0.2) is 0 Å². The quantitative estimate of drug-likeness (QED) is 0.684. The number of carbonyl (C=O) groups excluding carboxylic acids is 1. The van der Waals surface area contributed by atoms with Crippen LogP contribution in [-0.4, -0.2) is 31.2 Å². The van der Waals surface area contributed by atoms with Crippen LogP contribution in [0.4, 0.5) is 0 Å². The van der Waals surface area contributed by atoms with E-state index in [2.05, 4.69) is 5.32 Å². The van der Waals surface area contributed by atoms with E-state index in [1.54, 1.807) is 0 Å². The number of rotatable bonds is 4. The van der Waals surface area contributed by atoms with Gasteiger partial charge in [-0.25, -0.2) is 0 Å². The van der Waals surface area contributed by atoms with E-state index in [4.69, 9.17) is 10.5 Å². The van der Waals surface area contributed by atoms with E-state index in [1.165, 1.54) is 0 Å². The molecule has 14 heavy (non-hydrogen) atoms. The van der Waals surface area contributed by atoms with Crippen molar-refractivity contribution in [2.75, 3.05) is 19.8 Å². The van der Waals surface area contributed by atoms with Crippen molar-refractivity contribution in [1.29, 1.82) is 0 Å². The molecule has 4 nitrogen and oxygen atoms in total. The molecule has 0 aliphatic carbocycles. The predicted molar refractivity (Wildman–Crippen MR) is 54.8 cm³/mol. The lowest BCUT2D eigenvalue weighted by Gasteiger charge is -2.19. The van der Waals surface area contributed by atoms with Gasteiger partial charge in [-0.1, -0.05) is 0 Å². The van der Waals surface area contributed by atoms with Crippen molar-refractivity contribution in [2.24, 2.45) is 11.7 Å². The Bertz CT molecular complexity index is 193. The Balaban J connectivity index is 2.15. The minimum atomic E-state index is -0.332. The molecular formula is C10H20N2O2. The Kier molecular flexibility index (Phi) is 3.89. The van der Waals surface area contributed by atoms with Crippen LogP contribution < -0.4 is 11.1 Å². The monoisotopic (exact) mass is 200 g/mol. The lowest BCUT2D eigenvalue weighted by molar-refractivity contribution is -0.122. The van der Waals surface area contributed by atoms with E-state index in [1.807, 2.05) is 13.8 Å². The fourth-order valence-corrected chi connectivity index (χ4v) is 1.41. The van der Waals surface area contributed by atoms with Gasteiger partial charge in [-0.15, -0.1) is 0 Å². The molecule has 0 bridgehead atoms. The molecule has 3 N–H and O–H groups in total. The highest BCUT2D eigenvalue weighted by Crippen LogP contribution is 2.15. The summed E-state index contributed by atoms with van der Waals surface area (Å²) in [4.78, 5) is 11.4. The van der Waals surface area contributed by atoms with Crippen molar-refractivity contribution < 1.29 is 9.53 Å². The highest BCUT2D eigenvalue weighted by atomic mass is 16.5. The average molecular weight is 200 g/mol. The molecule has 0 radical (unpaired) electrons. The van der Waals surface area contributed by atoms with Crippen LogP contribution in [0.25, 0.3) is 0 Å². The third-order valence-corrected chi connectivity index (χ3v) is 2.24. The summed E-state index contributed by atoms with van der Waals surface area (Å²) in [6.07, 6.45) is 1.56. The number of hydrogen-bond acceptors (Lipinski definition) is 3. The first-order chi connectivity index (χ1) is 6.47. The Hall–Kier alpha value is -0.610. The minimum Gasteiger partial charge on any atom is -0.381 e. The lowest BCUT2D eigenvalue weighted by atomic mass is 10.0. The third-order valence-electron chi connectivity index (χ3n) is 2.24. The smallest absolute Gasteiger partial charge is 0.220 e. The first-order valence-corrected chi connectivity index (χ1v) is 5.11. The molecule has 82 valence electrons. The fraction of sp³-hybridized carbons (Fsp3) is 0.900. The van der Waals surface area contributed by atoms with Crippen LogP contribution >= 0.6 is 0 Å². The number of nitrogens with one attached hydrogen (secondary N) is 1. The molecule has 0 aromatic carbocycles. The number of amides is 1. The van der Waals surface area contributed by atoms with Gasteiger partial charge in [-0.2, -0.15) is 0 Å². The predicted octanol–water partition coefficient (Wildman–Crippen LogP) is 0.267. The van der Waals surface area contributed by atoms with Crippen molar-refractivity contribution in [1.82, 2.24) is 5.32 Å². The maximum atomic E-state index is 11.4. The van der Waals surface area contributed by atoms with Gasteiger partial charge in [0, 0.05) is 31.7 Å². The normalized spacial score (nSPS) is 22.4. The number of carbonyl (C=O) groups is 1. The standard InChI is InChI=1S/C10H20N2O2/c1-10(2,11)7-12-9(13)5-8-3-4-14-6-8/h8H,3-7,11H2,1-2H3,(H,12,13). The second-order valence-corrected chi connectivity index (χ2v) is 4.70. The third kappa shape index (κ3) is 4.58. The van der Waals surface area contributed by atoms with E-state index in [0.29, 0.717) is 18.9 Å². The summed E-state index contributed by atoms with van der Waals surface area (Å²) in [7, 11) is 0. The molecule has 1 aliphatic heterocycles. The highest BCUT2D eigenvalue weighted by molar-refractivity contribution is 5.76. The molecule has 0 aromatic rings. The van der Waals surface area contributed by atoms with Crippen LogP contribution in [0, 0.1) is 5.92 Å². The number of hydrogen-bond donors (Lipinski definition) is 2. The molecule has 1 amide bonds. The summed E-state index contributed by atoms with van der Waals surface area (Å²) in [5.74, 6) is 0.481. The summed E-state index contributed by atoms with van der Waals surface area (Å²) in [6, 6.07) is 0. The molecule has 1 atom stereocenters. The van der Waals surface area contributed by atoms with Crippen molar-refractivity contribution in [2.45, 2.75) is 32.2 Å². The summed E-state index contributed by atoms with van der Waals surface area (Å²) < 4.78 is 5.20.